The molecule has 0 aliphatic carbocycles. The van der Waals surface area contributed by atoms with Gasteiger partial charge in [0.05, 0.1) is 16.5 Å². The van der Waals surface area contributed by atoms with Crippen molar-refractivity contribution in [1.29, 1.82) is 0 Å². The van der Waals surface area contributed by atoms with Gasteiger partial charge in [-0.2, -0.15) is 5.10 Å². The van der Waals surface area contributed by atoms with E-state index in [0.717, 1.165) is 0 Å². The number of nitrogens with one attached hydrogen (secondary N) is 1. The Balaban J connectivity index is 2.29. The van der Waals surface area contributed by atoms with E-state index in [0.29, 0.717) is 28.9 Å². The van der Waals surface area contributed by atoms with E-state index in [1.54, 1.807) is 10.6 Å². The summed E-state index contributed by atoms with van der Waals surface area (Å²) in [5.41, 5.74) is 7.00. The van der Waals surface area contributed by atoms with Gasteiger partial charge in [-0.1, -0.05) is 0 Å². The number of aryl methyl sites for hydroxylation is 1. The molecule has 9 nitrogen and oxygen atoms in total. The van der Waals surface area contributed by atoms with E-state index in [2.05, 4.69) is 22.7 Å². The van der Waals surface area contributed by atoms with Crippen molar-refractivity contribution in [3.8, 4) is 11.5 Å². The Labute approximate surface area is 146 Å². The van der Waals surface area contributed by atoms with E-state index in [-0.39, 0.29) is 17.5 Å². The fourth-order valence-corrected chi connectivity index (χ4v) is 2.59. The van der Waals surface area contributed by atoms with Crippen LogP contribution in [-0.4, -0.2) is 33.3 Å². The second-order valence-corrected chi connectivity index (χ2v) is 5.56. The number of nitrogens with two attached hydrogens (primary N) is 1. The molecule has 3 rings (SSSR count). The monoisotopic (exact) mass is 362 g/mol. The van der Waals surface area contributed by atoms with Crippen LogP contribution in [0.5, 0.6) is 11.5 Å². The number of aliphatic carboxylic acids is 1. The summed E-state index contributed by atoms with van der Waals surface area (Å²) in [6.07, 6.45) is 1.43. The largest absolute Gasteiger partial charge is 0.476 e. The van der Waals surface area contributed by atoms with E-state index >= 15 is 0 Å². The number of rotatable bonds is 4. The molecule has 130 valence electrons. The Morgan fingerprint density at radius 1 is 1.44 bits per heavy atom. The number of carboxylic acid groups (broad SMARTS) is 1. The lowest BCUT2D eigenvalue weighted by atomic mass is 10.1. The van der Waals surface area contributed by atoms with Gasteiger partial charge in [0.15, 0.2) is 27.8 Å². The van der Waals surface area contributed by atoms with Gasteiger partial charge < -0.3 is 24.9 Å². The van der Waals surface area contributed by atoms with Gasteiger partial charge in [-0.25, -0.2) is 4.79 Å². The van der Waals surface area contributed by atoms with Crippen LogP contribution in [0.3, 0.4) is 0 Å². The zero-order valence-corrected chi connectivity index (χ0v) is 13.9. The van der Waals surface area contributed by atoms with Gasteiger partial charge in [0.2, 0.25) is 6.79 Å². The van der Waals surface area contributed by atoms with Gasteiger partial charge in [-0.15, -0.1) is 0 Å². The summed E-state index contributed by atoms with van der Waals surface area (Å²) in [4.78, 5) is 24.4. The van der Waals surface area contributed by atoms with Crippen molar-refractivity contribution < 1.29 is 19.4 Å². The number of aromatic nitrogens is 1. The third kappa shape index (κ3) is 2.98. The van der Waals surface area contributed by atoms with Crippen LogP contribution in [0.1, 0.15) is 12.5 Å². The molecular formula is C15H14N4O5S. The number of benzene rings is 1. The second kappa shape index (κ2) is 6.40. The average molecular weight is 362 g/mol. The highest BCUT2D eigenvalue weighted by molar-refractivity contribution is 7.80. The predicted molar refractivity (Wildman–Crippen MR) is 94.1 cm³/mol. The number of thiocarbonyl (C=S) groups is 1. The van der Waals surface area contributed by atoms with Crippen molar-refractivity contribution in [2.75, 3.05) is 6.79 Å². The highest BCUT2D eigenvalue weighted by Crippen LogP contribution is 2.35. The minimum absolute atomic E-state index is 0.0680. The molecule has 25 heavy (non-hydrogen) atoms. The molecule has 0 atom stereocenters. The average Bonchev–Trinajstić information content (AvgIpc) is 3.02. The van der Waals surface area contributed by atoms with Gasteiger partial charge in [-0.05, 0) is 25.2 Å². The normalized spacial score (nSPS) is 13.1. The minimum atomic E-state index is -1.39. The van der Waals surface area contributed by atoms with Crippen molar-refractivity contribution in [3.63, 3.8) is 0 Å². The quantitative estimate of drug-likeness (QED) is 0.404. The van der Waals surface area contributed by atoms with E-state index in [1.807, 2.05) is 6.92 Å². The van der Waals surface area contributed by atoms with Gasteiger partial charge in [0.1, 0.15) is 0 Å². The van der Waals surface area contributed by atoms with Gasteiger partial charge in [0, 0.05) is 18.8 Å². The van der Waals surface area contributed by atoms with Crippen LogP contribution in [0.4, 0.5) is 0 Å². The molecule has 4 N–H and O–H groups in total. The van der Waals surface area contributed by atoms with Crippen LogP contribution in [0.2, 0.25) is 0 Å². The lowest BCUT2D eigenvalue weighted by Crippen LogP contribution is -2.31. The Morgan fingerprint density at radius 2 is 2.12 bits per heavy atom. The summed E-state index contributed by atoms with van der Waals surface area (Å²) >= 11 is 4.62. The molecule has 0 amide bonds. The molecule has 2 heterocycles. The van der Waals surface area contributed by atoms with Crippen LogP contribution in [0, 0.1) is 0 Å². The van der Waals surface area contributed by atoms with Crippen molar-refractivity contribution in [3.05, 3.63) is 34.1 Å². The van der Waals surface area contributed by atoms with E-state index in [9.17, 15) is 14.7 Å². The molecule has 0 radical (unpaired) electrons. The number of nitrogens with zero attached hydrogens (tertiary/aromatic N) is 2. The minimum Gasteiger partial charge on any atom is -0.476 e. The number of carboxylic acids is 1. The smallest absolute Gasteiger partial charge is 0.357 e. The molecule has 0 saturated carbocycles. The van der Waals surface area contributed by atoms with Gasteiger partial charge in [-0.3, -0.25) is 10.2 Å². The zero-order valence-electron chi connectivity index (χ0n) is 13.1. The number of fused-ring (bicyclic) bond motifs is 2. The second-order valence-electron chi connectivity index (χ2n) is 5.12. The van der Waals surface area contributed by atoms with Crippen LogP contribution in [0.25, 0.3) is 10.9 Å². The molecule has 0 fully saturated rings. The summed E-state index contributed by atoms with van der Waals surface area (Å²) in [6, 6.07) is 3.23. The van der Waals surface area contributed by atoms with Crippen molar-refractivity contribution in [2.45, 2.75) is 13.5 Å². The summed E-state index contributed by atoms with van der Waals surface area (Å²) in [7, 11) is 0. The summed E-state index contributed by atoms with van der Waals surface area (Å²) in [6.45, 7) is 2.43. The van der Waals surface area contributed by atoms with Crippen LogP contribution in [-0.2, 0) is 11.3 Å². The number of ether oxygens (including phenoxy) is 2. The third-order valence-corrected chi connectivity index (χ3v) is 3.74. The molecule has 0 spiro atoms. The fourth-order valence-electron chi connectivity index (χ4n) is 2.54. The summed E-state index contributed by atoms with van der Waals surface area (Å²) < 4.78 is 12.4. The molecule has 0 unspecified atom stereocenters. The van der Waals surface area contributed by atoms with Crippen LogP contribution < -0.4 is 26.1 Å². The van der Waals surface area contributed by atoms with Crippen LogP contribution in [0.15, 0.2) is 28.2 Å². The van der Waals surface area contributed by atoms with Crippen molar-refractivity contribution >= 4 is 39.9 Å². The number of carbonyl (C=O) groups is 1. The first-order chi connectivity index (χ1) is 11.9. The number of pyridine rings is 1. The maximum atomic E-state index is 12.8. The number of hydrogen-bond acceptors (Lipinski definition) is 6. The summed E-state index contributed by atoms with van der Waals surface area (Å²) in [5.74, 6) is -0.424. The van der Waals surface area contributed by atoms with Gasteiger partial charge >= 0.3 is 5.97 Å². The van der Waals surface area contributed by atoms with E-state index in [1.165, 1.54) is 12.3 Å². The first kappa shape index (κ1) is 16.7. The summed E-state index contributed by atoms with van der Waals surface area (Å²) in [5, 5.41) is 13.1. The lowest BCUT2D eigenvalue weighted by Gasteiger charge is -2.12. The molecule has 1 aliphatic heterocycles. The lowest BCUT2D eigenvalue weighted by molar-refractivity contribution is -0.129. The highest BCUT2D eigenvalue weighted by Gasteiger charge is 2.22. The third-order valence-electron chi connectivity index (χ3n) is 3.65. The Bertz CT molecular complexity index is 982. The molecule has 10 heteroatoms. The molecule has 0 saturated heterocycles. The first-order valence-corrected chi connectivity index (χ1v) is 7.66. The van der Waals surface area contributed by atoms with Crippen molar-refractivity contribution in [1.82, 2.24) is 9.99 Å². The zero-order chi connectivity index (χ0) is 18.1. The Hall–Kier alpha value is -3.14. The predicted octanol–water partition coefficient (Wildman–Crippen LogP) is 0.372. The fraction of sp³-hybridized carbons (Fsp3) is 0.200. The Kier molecular flexibility index (Phi) is 4.28. The Morgan fingerprint density at radius 3 is 2.72 bits per heavy atom. The molecule has 0 bridgehead atoms. The molecular weight excluding hydrogens is 348 g/mol. The molecule has 2 aromatic rings. The maximum absolute atomic E-state index is 12.8. The van der Waals surface area contributed by atoms with E-state index < -0.39 is 17.1 Å². The molecule has 1 aliphatic rings. The van der Waals surface area contributed by atoms with Crippen molar-refractivity contribution in [2.24, 2.45) is 10.8 Å². The standard InChI is InChI=1S/C15H14N4O5S/c1-2-19-5-8(12(14(21)22)17-18-15(16)25)13(20)7-3-10-11(4-9(7)19)24-6-23-10/h3-5H,2,6H2,1H3,(H,21,22)(H3,16,18,25)/b17-12+. The molecule has 1 aromatic heterocycles. The highest BCUT2D eigenvalue weighted by atomic mass is 32.1. The molecule has 1 aromatic carbocycles. The first-order valence-electron chi connectivity index (χ1n) is 7.26. The maximum Gasteiger partial charge on any atom is 0.357 e. The number of hydrogen-bond donors (Lipinski definition) is 3. The van der Waals surface area contributed by atoms with E-state index in [4.69, 9.17) is 15.2 Å². The van der Waals surface area contributed by atoms with Gasteiger partial charge in [0.25, 0.3) is 0 Å². The number of hydrazone groups is 1. The van der Waals surface area contributed by atoms with Crippen LogP contribution >= 0.6 is 12.2 Å². The topological polar surface area (TPSA) is 128 Å². The SMILES string of the molecule is CCn1cc(/C(=N\NC(N)=S)C(=O)O)c(=O)c2cc3c(cc21)OCO3.